The summed E-state index contributed by atoms with van der Waals surface area (Å²) in [7, 11) is 0. The largest absolute Gasteiger partial charge is 0.323 e. The third-order valence-electron chi connectivity index (χ3n) is 4.29. The molecule has 0 aromatic heterocycles. The van der Waals surface area contributed by atoms with E-state index in [0.717, 1.165) is 18.8 Å². The Labute approximate surface area is 105 Å². The Morgan fingerprint density at radius 3 is 2.76 bits per heavy atom. The second-order valence-electron chi connectivity index (χ2n) is 5.86. The smallest absolute Gasteiger partial charge is 0.241 e. The molecule has 1 amide bonds. The fourth-order valence-corrected chi connectivity index (χ4v) is 3.46. The van der Waals surface area contributed by atoms with Gasteiger partial charge in [0.05, 0.1) is 12.2 Å². The zero-order valence-corrected chi connectivity index (χ0v) is 11.4. The molecule has 0 bridgehead atoms. The van der Waals surface area contributed by atoms with E-state index in [1.807, 2.05) is 0 Å². The number of nitrogens with one attached hydrogen (secondary N) is 1. The van der Waals surface area contributed by atoms with Gasteiger partial charge in [0.15, 0.2) is 0 Å². The van der Waals surface area contributed by atoms with E-state index in [1.165, 1.54) is 25.7 Å². The molecule has 2 aliphatic rings. The summed E-state index contributed by atoms with van der Waals surface area (Å²) in [6.07, 6.45) is 7.28. The van der Waals surface area contributed by atoms with Gasteiger partial charge in [-0.3, -0.25) is 10.1 Å². The molecule has 4 atom stereocenters. The standard InChI is InChI=1S/C14H26N2O/c1-4-6-13-14(17)16(11(3)15-13)12-8-5-7-10(2)9-12/h10-13,15H,4-9H2,1-3H3. The van der Waals surface area contributed by atoms with E-state index < -0.39 is 0 Å². The van der Waals surface area contributed by atoms with Gasteiger partial charge in [0, 0.05) is 6.04 Å². The van der Waals surface area contributed by atoms with E-state index in [4.69, 9.17) is 0 Å². The van der Waals surface area contributed by atoms with Crippen molar-refractivity contribution >= 4 is 5.91 Å². The van der Waals surface area contributed by atoms with Crippen molar-refractivity contribution in [3.63, 3.8) is 0 Å². The molecule has 1 saturated carbocycles. The third-order valence-corrected chi connectivity index (χ3v) is 4.29. The van der Waals surface area contributed by atoms with Gasteiger partial charge in [0.1, 0.15) is 0 Å². The summed E-state index contributed by atoms with van der Waals surface area (Å²) in [5, 5.41) is 3.44. The van der Waals surface area contributed by atoms with Crippen LogP contribution in [0.2, 0.25) is 0 Å². The molecule has 0 radical (unpaired) electrons. The van der Waals surface area contributed by atoms with Gasteiger partial charge in [0.2, 0.25) is 5.91 Å². The van der Waals surface area contributed by atoms with Gasteiger partial charge in [-0.2, -0.15) is 0 Å². The van der Waals surface area contributed by atoms with E-state index in [-0.39, 0.29) is 12.2 Å². The number of hydrogen-bond acceptors (Lipinski definition) is 2. The van der Waals surface area contributed by atoms with Crippen molar-refractivity contribution in [1.29, 1.82) is 0 Å². The number of nitrogens with zero attached hydrogens (tertiary/aromatic N) is 1. The summed E-state index contributed by atoms with van der Waals surface area (Å²) in [6, 6.07) is 0.558. The highest BCUT2D eigenvalue weighted by molar-refractivity contribution is 5.84. The molecule has 0 aromatic carbocycles. The molecule has 4 unspecified atom stereocenters. The lowest BCUT2D eigenvalue weighted by atomic mass is 9.86. The summed E-state index contributed by atoms with van der Waals surface area (Å²) >= 11 is 0. The van der Waals surface area contributed by atoms with Gasteiger partial charge < -0.3 is 4.90 Å². The van der Waals surface area contributed by atoms with Crippen LogP contribution in [0.15, 0.2) is 0 Å². The molecular formula is C14H26N2O. The maximum atomic E-state index is 12.4. The zero-order chi connectivity index (χ0) is 12.4. The van der Waals surface area contributed by atoms with Crippen LogP contribution in [-0.4, -0.2) is 29.1 Å². The molecule has 17 heavy (non-hydrogen) atoms. The lowest BCUT2D eigenvalue weighted by Crippen LogP contribution is -2.45. The zero-order valence-electron chi connectivity index (χ0n) is 11.4. The van der Waals surface area contributed by atoms with Crippen LogP contribution in [0, 0.1) is 5.92 Å². The van der Waals surface area contributed by atoms with Crippen molar-refractivity contribution in [2.45, 2.75) is 77.5 Å². The number of carbonyl (C=O) groups is 1. The predicted molar refractivity (Wildman–Crippen MR) is 69.6 cm³/mol. The average molecular weight is 238 g/mol. The molecule has 2 rings (SSSR count). The molecule has 1 aliphatic heterocycles. The Hall–Kier alpha value is -0.570. The van der Waals surface area contributed by atoms with Gasteiger partial charge in [-0.25, -0.2) is 0 Å². The van der Waals surface area contributed by atoms with Crippen LogP contribution in [0.1, 0.15) is 59.3 Å². The van der Waals surface area contributed by atoms with Crippen LogP contribution in [-0.2, 0) is 4.79 Å². The Morgan fingerprint density at radius 2 is 2.12 bits per heavy atom. The Balaban J connectivity index is 2.02. The van der Waals surface area contributed by atoms with Crippen molar-refractivity contribution in [2.75, 3.05) is 0 Å². The number of rotatable bonds is 3. The first-order valence-corrected chi connectivity index (χ1v) is 7.21. The van der Waals surface area contributed by atoms with E-state index in [1.54, 1.807) is 0 Å². The monoisotopic (exact) mass is 238 g/mol. The van der Waals surface area contributed by atoms with Crippen molar-refractivity contribution in [3.05, 3.63) is 0 Å². The van der Waals surface area contributed by atoms with E-state index in [0.29, 0.717) is 11.9 Å². The fourth-order valence-electron chi connectivity index (χ4n) is 3.46. The first-order chi connectivity index (χ1) is 8.13. The highest BCUT2D eigenvalue weighted by Gasteiger charge is 2.40. The van der Waals surface area contributed by atoms with Gasteiger partial charge >= 0.3 is 0 Å². The molecule has 0 spiro atoms. The first kappa shape index (κ1) is 12.9. The first-order valence-electron chi connectivity index (χ1n) is 7.21. The normalized spacial score (nSPS) is 38.8. The van der Waals surface area contributed by atoms with Crippen molar-refractivity contribution in [2.24, 2.45) is 5.92 Å². The topological polar surface area (TPSA) is 32.3 Å². The molecule has 3 nitrogen and oxygen atoms in total. The molecule has 3 heteroatoms. The number of amides is 1. The quantitative estimate of drug-likeness (QED) is 0.819. The summed E-state index contributed by atoms with van der Waals surface area (Å²) in [4.78, 5) is 14.5. The van der Waals surface area contributed by atoms with Gasteiger partial charge in [-0.05, 0) is 32.1 Å². The Kier molecular flexibility index (Phi) is 4.08. The molecule has 1 N–H and O–H groups in total. The summed E-state index contributed by atoms with van der Waals surface area (Å²) in [5.74, 6) is 1.12. The molecular weight excluding hydrogens is 212 g/mol. The van der Waals surface area contributed by atoms with Crippen LogP contribution >= 0.6 is 0 Å². The summed E-state index contributed by atoms with van der Waals surface area (Å²) in [5.41, 5.74) is 0. The minimum absolute atomic E-state index is 0.0761. The molecule has 98 valence electrons. The Bertz CT molecular complexity index is 279. The van der Waals surface area contributed by atoms with Gasteiger partial charge in [0.25, 0.3) is 0 Å². The molecule has 1 aliphatic carbocycles. The maximum Gasteiger partial charge on any atom is 0.241 e. The summed E-state index contributed by atoms with van der Waals surface area (Å²) < 4.78 is 0. The van der Waals surface area contributed by atoms with E-state index >= 15 is 0 Å². The lowest BCUT2D eigenvalue weighted by molar-refractivity contribution is -0.133. The highest BCUT2D eigenvalue weighted by Crippen LogP contribution is 2.30. The van der Waals surface area contributed by atoms with Crippen LogP contribution in [0.4, 0.5) is 0 Å². The second-order valence-corrected chi connectivity index (χ2v) is 5.86. The molecule has 1 heterocycles. The van der Waals surface area contributed by atoms with Crippen LogP contribution in [0.25, 0.3) is 0 Å². The van der Waals surface area contributed by atoms with Crippen molar-refractivity contribution in [1.82, 2.24) is 10.2 Å². The number of hydrogen-bond donors (Lipinski definition) is 1. The number of carbonyl (C=O) groups excluding carboxylic acids is 1. The minimum atomic E-state index is 0.0761. The molecule has 1 saturated heterocycles. The van der Waals surface area contributed by atoms with E-state index in [9.17, 15) is 4.79 Å². The maximum absolute atomic E-state index is 12.4. The molecule has 0 aromatic rings. The third kappa shape index (κ3) is 2.65. The van der Waals surface area contributed by atoms with Crippen LogP contribution in [0.3, 0.4) is 0 Å². The highest BCUT2D eigenvalue weighted by atomic mass is 16.2. The fraction of sp³-hybridized carbons (Fsp3) is 0.929. The molecule has 2 fully saturated rings. The minimum Gasteiger partial charge on any atom is -0.323 e. The van der Waals surface area contributed by atoms with Crippen molar-refractivity contribution in [3.8, 4) is 0 Å². The average Bonchev–Trinajstić information content (AvgIpc) is 2.55. The van der Waals surface area contributed by atoms with Crippen molar-refractivity contribution < 1.29 is 4.79 Å². The van der Waals surface area contributed by atoms with E-state index in [2.05, 4.69) is 31.0 Å². The van der Waals surface area contributed by atoms with Gasteiger partial charge in [-0.1, -0.05) is 33.1 Å². The summed E-state index contributed by atoms with van der Waals surface area (Å²) in [6.45, 7) is 6.59. The van der Waals surface area contributed by atoms with Crippen LogP contribution in [0.5, 0.6) is 0 Å². The SMILES string of the molecule is CCCC1NC(C)N(C2CCCC(C)C2)C1=O. The van der Waals surface area contributed by atoms with Crippen LogP contribution < -0.4 is 5.32 Å². The lowest BCUT2D eigenvalue weighted by Gasteiger charge is -2.36. The predicted octanol–water partition coefficient (Wildman–Crippen LogP) is 2.51. The Morgan fingerprint density at radius 1 is 1.35 bits per heavy atom. The van der Waals surface area contributed by atoms with Gasteiger partial charge in [-0.15, -0.1) is 0 Å². The second kappa shape index (κ2) is 5.38.